The zero-order valence-corrected chi connectivity index (χ0v) is 9.71. The number of halogens is 3. The van der Waals surface area contributed by atoms with Crippen LogP contribution in [0.2, 0.25) is 0 Å². The highest BCUT2D eigenvalue weighted by molar-refractivity contribution is 5.29. The molecular weight excluding hydrogens is 231 g/mol. The van der Waals surface area contributed by atoms with E-state index < -0.39 is 11.9 Å². The van der Waals surface area contributed by atoms with Gasteiger partial charge in [0.05, 0.1) is 6.10 Å². The second kappa shape index (κ2) is 4.29. The third kappa shape index (κ3) is 2.60. The van der Waals surface area contributed by atoms with Crippen LogP contribution < -0.4 is 0 Å². The highest BCUT2D eigenvalue weighted by atomic mass is 19.4. The van der Waals surface area contributed by atoms with Gasteiger partial charge in [0.2, 0.25) is 0 Å². The van der Waals surface area contributed by atoms with Gasteiger partial charge < -0.3 is 4.74 Å². The molecule has 1 aromatic rings. The summed E-state index contributed by atoms with van der Waals surface area (Å²) in [6.07, 6.45) is -3.02. The highest BCUT2D eigenvalue weighted by Gasteiger charge is 2.41. The van der Waals surface area contributed by atoms with Crippen LogP contribution in [0.4, 0.5) is 13.2 Å². The number of rotatable bonds is 3. The lowest BCUT2D eigenvalue weighted by Gasteiger charge is -2.10. The first-order valence-corrected chi connectivity index (χ1v) is 5.56. The average Bonchev–Trinajstić information content (AvgIpc) is 3.06. The van der Waals surface area contributed by atoms with E-state index in [1.165, 1.54) is 0 Å². The molecule has 0 aromatic carbocycles. The molecular formula is C12H14F3NO. The van der Waals surface area contributed by atoms with Crippen LogP contribution in [0.3, 0.4) is 0 Å². The van der Waals surface area contributed by atoms with Crippen LogP contribution >= 0.6 is 0 Å². The zero-order valence-electron chi connectivity index (χ0n) is 9.71. The van der Waals surface area contributed by atoms with Gasteiger partial charge in [-0.2, -0.15) is 13.2 Å². The van der Waals surface area contributed by atoms with Crippen molar-refractivity contribution >= 4 is 0 Å². The van der Waals surface area contributed by atoms with Crippen molar-refractivity contribution in [1.82, 2.24) is 4.98 Å². The van der Waals surface area contributed by atoms with Crippen molar-refractivity contribution in [2.24, 2.45) is 0 Å². The van der Waals surface area contributed by atoms with Crippen LogP contribution in [0.5, 0.6) is 0 Å². The van der Waals surface area contributed by atoms with Crippen molar-refractivity contribution in [2.75, 3.05) is 7.11 Å². The topological polar surface area (TPSA) is 22.1 Å². The molecule has 2 unspecified atom stereocenters. The number of hydrogen-bond donors (Lipinski definition) is 0. The lowest BCUT2D eigenvalue weighted by atomic mass is 10.1. The predicted octanol–water partition coefficient (Wildman–Crippen LogP) is 3.17. The minimum Gasteiger partial charge on any atom is -0.381 e. The molecule has 2 atom stereocenters. The summed E-state index contributed by atoms with van der Waals surface area (Å²) in [5.41, 5.74) is 0.376. The van der Waals surface area contributed by atoms with Gasteiger partial charge in [-0.05, 0) is 30.5 Å². The Morgan fingerprint density at radius 1 is 1.41 bits per heavy atom. The van der Waals surface area contributed by atoms with Gasteiger partial charge in [-0.1, -0.05) is 6.92 Å². The maximum absolute atomic E-state index is 12.7. The van der Waals surface area contributed by atoms with Crippen LogP contribution in [0, 0.1) is 0 Å². The Hall–Kier alpha value is -1.10. The van der Waals surface area contributed by atoms with E-state index in [9.17, 15) is 13.2 Å². The fourth-order valence-corrected chi connectivity index (χ4v) is 1.89. The standard InChI is InChI=1S/C12H14F3NO/c1-3-7-4-9(8-6-10(8)17-2)16-11(5-7)12(13,14)15/h4-5,8,10H,3,6H2,1-2H3. The van der Waals surface area contributed by atoms with Crippen LogP contribution in [-0.2, 0) is 17.3 Å². The van der Waals surface area contributed by atoms with Gasteiger partial charge in [-0.15, -0.1) is 0 Å². The van der Waals surface area contributed by atoms with E-state index in [0.29, 0.717) is 17.7 Å². The largest absolute Gasteiger partial charge is 0.433 e. The molecule has 94 valence electrons. The zero-order chi connectivity index (χ0) is 12.6. The van der Waals surface area contributed by atoms with Crippen LogP contribution in [0.1, 0.15) is 36.2 Å². The number of alkyl halides is 3. The first-order valence-electron chi connectivity index (χ1n) is 5.56. The van der Waals surface area contributed by atoms with E-state index >= 15 is 0 Å². The van der Waals surface area contributed by atoms with E-state index in [4.69, 9.17) is 4.74 Å². The van der Waals surface area contributed by atoms with Gasteiger partial charge in [0, 0.05) is 18.7 Å². The second-order valence-electron chi connectivity index (χ2n) is 4.25. The molecule has 1 saturated carbocycles. The number of aryl methyl sites for hydroxylation is 1. The number of pyridine rings is 1. The Bertz CT molecular complexity index is 417. The van der Waals surface area contributed by atoms with Crippen LogP contribution in [0.15, 0.2) is 12.1 Å². The van der Waals surface area contributed by atoms with E-state index in [1.54, 1.807) is 13.2 Å². The molecule has 5 heteroatoms. The molecule has 0 amide bonds. The summed E-state index contributed by atoms with van der Waals surface area (Å²) in [7, 11) is 1.57. The van der Waals surface area contributed by atoms with Crippen LogP contribution in [-0.4, -0.2) is 18.2 Å². The van der Waals surface area contributed by atoms with Gasteiger partial charge in [0.1, 0.15) is 5.69 Å². The van der Waals surface area contributed by atoms with E-state index in [1.807, 2.05) is 6.92 Å². The molecule has 1 aliphatic carbocycles. The summed E-state index contributed by atoms with van der Waals surface area (Å²) in [5, 5.41) is 0. The summed E-state index contributed by atoms with van der Waals surface area (Å²) >= 11 is 0. The molecule has 2 rings (SSSR count). The molecule has 0 radical (unpaired) electrons. The maximum Gasteiger partial charge on any atom is 0.433 e. The molecule has 0 bridgehead atoms. The Labute approximate surface area is 97.8 Å². The second-order valence-corrected chi connectivity index (χ2v) is 4.25. The Balaban J connectivity index is 2.33. The third-order valence-electron chi connectivity index (χ3n) is 3.02. The third-order valence-corrected chi connectivity index (χ3v) is 3.02. The SMILES string of the molecule is CCc1cc(C2CC2OC)nc(C(F)(F)F)c1. The first kappa shape index (κ1) is 12.4. The van der Waals surface area contributed by atoms with Crippen molar-refractivity contribution in [1.29, 1.82) is 0 Å². The lowest BCUT2D eigenvalue weighted by Crippen LogP contribution is -2.10. The Kier molecular flexibility index (Phi) is 3.12. The number of ether oxygens (including phenoxy) is 1. The molecule has 0 aliphatic heterocycles. The highest BCUT2D eigenvalue weighted by Crippen LogP contribution is 2.43. The molecule has 1 aliphatic rings. The van der Waals surface area contributed by atoms with E-state index in [0.717, 1.165) is 12.5 Å². The van der Waals surface area contributed by atoms with E-state index in [-0.39, 0.29) is 12.0 Å². The normalized spacial score (nSPS) is 23.8. The van der Waals surface area contributed by atoms with Gasteiger partial charge >= 0.3 is 6.18 Å². The fraction of sp³-hybridized carbons (Fsp3) is 0.583. The minimum absolute atomic E-state index is 0.0209. The van der Waals surface area contributed by atoms with Crippen LogP contribution in [0.25, 0.3) is 0 Å². The summed E-state index contributed by atoms with van der Waals surface area (Å²) in [6, 6.07) is 2.87. The smallest absolute Gasteiger partial charge is 0.381 e. The van der Waals surface area contributed by atoms with Gasteiger partial charge in [0.25, 0.3) is 0 Å². The summed E-state index contributed by atoms with van der Waals surface area (Å²) in [6.45, 7) is 1.83. The Morgan fingerprint density at radius 3 is 2.59 bits per heavy atom. The summed E-state index contributed by atoms with van der Waals surface area (Å²) < 4.78 is 43.1. The predicted molar refractivity (Wildman–Crippen MR) is 56.8 cm³/mol. The van der Waals surface area contributed by atoms with Crippen molar-refractivity contribution in [3.8, 4) is 0 Å². The van der Waals surface area contributed by atoms with Crippen molar-refractivity contribution in [3.05, 3.63) is 29.1 Å². The van der Waals surface area contributed by atoms with Crippen molar-refractivity contribution in [2.45, 2.75) is 38.0 Å². The molecule has 1 heterocycles. The molecule has 1 fully saturated rings. The van der Waals surface area contributed by atoms with Crippen molar-refractivity contribution < 1.29 is 17.9 Å². The quantitative estimate of drug-likeness (QED) is 0.816. The number of methoxy groups -OCH3 is 1. The lowest BCUT2D eigenvalue weighted by molar-refractivity contribution is -0.141. The molecule has 0 N–H and O–H groups in total. The number of nitrogens with zero attached hydrogens (tertiary/aromatic N) is 1. The minimum atomic E-state index is -4.38. The first-order chi connectivity index (χ1) is 7.95. The van der Waals surface area contributed by atoms with Gasteiger partial charge in [-0.3, -0.25) is 0 Å². The number of hydrogen-bond acceptors (Lipinski definition) is 2. The average molecular weight is 245 g/mol. The van der Waals surface area contributed by atoms with E-state index in [2.05, 4.69) is 4.98 Å². The molecule has 2 nitrogen and oxygen atoms in total. The molecule has 1 aromatic heterocycles. The summed E-state index contributed by atoms with van der Waals surface area (Å²) in [4.78, 5) is 3.71. The van der Waals surface area contributed by atoms with Gasteiger partial charge in [-0.25, -0.2) is 4.98 Å². The molecule has 0 spiro atoms. The number of aromatic nitrogens is 1. The molecule has 17 heavy (non-hydrogen) atoms. The maximum atomic E-state index is 12.7. The molecule has 0 saturated heterocycles. The van der Waals surface area contributed by atoms with Gasteiger partial charge in [0.15, 0.2) is 0 Å². The fourth-order valence-electron chi connectivity index (χ4n) is 1.89. The van der Waals surface area contributed by atoms with Crippen molar-refractivity contribution in [3.63, 3.8) is 0 Å². The Morgan fingerprint density at radius 2 is 2.12 bits per heavy atom. The monoisotopic (exact) mass is 245 g/mol. The summed E-state index contributed by atoms with van der Waals surface area (Å²) in [5.74, 6) is 0.0209.